The van der Waals surface area contributed by atoms with E-state index in [0.29, 0.717) is 12.4 Å². The third-order valence-corrected chi connectivity index (χ3v) is 2.80. The molecule has 0 aromatic heterocycles. The molecule has 0 saturated heterocycles. The maximum absolute atomic E-state index is 13.3. The first-order valence-corrected chi connectivity index (χ1v) is 6.44. The summed E-state index contributed by atoms with van der Waals surface area (Å²) < 4.78 is 26.5. The van der Waals surface area contributed by atoms with Crippen LogP contribution >= 0.6 is 11.6 Å². The Hall–Kier alpha value is -1.16. The van der Waals surface area contributed by atoms with Crippen LogP contribution in [-0.4, -0.2) is 18.3 Å². The highest BCUT2D eigenvalue weighted by atomic mass is 35.5. The van der Waals surface area contributed by atoms with Crippen molar-refractivity contribution in [2.45, 2.75) is 25.7 Å². The maximum Gasteiger partial charge on any atom is 0.224 e. The monoisotopic (exact) mass is 275 g/mol. The number of nitrogens with one attached hydrogen (secondary N) is 1. The smallest absolute Gasteiger partial charge is 0.224 e. The van der Waals surface area contributed by atoms with Crippen molar-refractivity contribution in [1.29, 1.82) is 0 Å². The fourth-order valence-corrected chi connectivity index (χ4v) is 1.74. The van der Waals surface area contributed by atoms with Crippen LogP contribution in [0.15, 0.2) is 18.2 Å². The quantitative estimate of drug-likeness (QED) is 0.601. The summed E-state index contributed by atoms with van der Waals surface area (Å²) >= 11 is 5.51. The van der Waals surface area contributed by atoms with E-state index < -0.39 is 11.6 Å². The second-order valence-electron chi connectivity index (χ2n) is 3.98. The molecule has 0 aliphatic rings. The summed E-state index contributed by atoms with van der Waals surface area (Å²) in [6.07, 6.45) is 2.38. The Bertz CT molecular complexity index is 378. The fourth-order valence-electron chi connectivity index (χ4n) is 1.55. The number of amides is 1. The van der Waals surface area contributed by atoms with Gasteiger partial charge >= 0.3 is 0 Å². The van der Waals surface area contributed by atoms with Gasteiger partial charge in [-0.2, -0.15) is 0 Å². The molecule has 0 unspecified atom stereocenters. The van der Waals surface area contributed by atoms with Crippen LogP contribution in [0.1, 0.15) is 24.8 Å². The lowest BCUT2D eigenvalue weighted by atomic mass is 10.1. The SMILES string of the molecule is O=C(Cc1c(F)cccc1F)NCCCCCCl. The molecule has 1 rings (SSSR count). The summed E-state index contributed by atoms with van der Waals surface area (Å²) in [4.78, 5) is 11.5. The Kier molecular flexibility index (Phi) is 6.65. The molecule has 1 aromatic carbocycles. The van der Waals surface area contributed by atoms with Gasteiger partial charge in [-0.15, -0.1) is 11.6 Å². The lowest BCUT2D eigenvalue weighted by molar-refractivity contribution is -0.120. The van der Waals surface area contributed by atoms with Gasteiger partial charge in [0.1, 0.15) is 11.6 Å². The van der Waals surface area contributed by atoms with Gasteiger partial charge < -0.3 is 5.32 Å². The van der Waals surface area contributed by atoms with E-state index in [9.17, 15) is 13.6 Å². The zero-order valence-corrected chi connectivity index (χ0v) is 10.8. The van der Waals surface area contributed by atoms with Crippen molar-refractivity contribution in [1.82, 2.24) is 5.32 Å². The van der Waals surface area contributed by atoms with E-state index in [1.165, 1.54) is 6.07 Å². The Balaban J connectivity index is 2.36. The number of hydrogen-bond acceptors (Lipinski definition) is 1. The van der Waals surface area contributed by atoms with E-state index in [1.54, 1.807) is 0 Å². The van der Waals surface area contributed by atoms with Crippen LogP contribution in [0, 0.1) is 11.6 Å². The van der Waals surface area contributed by atoms with E-state index in [1.807, 2.05) is 0 Å². The summed E-state index contributed by atoms with van der Waals surface area (Å²) in [6.45, 7) is 0.506. The number of carbonyl (C=O) groups is 1. The fraction of sp³-hybridized carbons (Fsp3) is 0.462. The molecule has 0 spiro atoms. The molecule has 100 valence electrons. The second kappa shape index (κ2) is 8.03. The van der Waals surface area contributed by atoms with Gasteiger partial charge in [-0.25, -0.2) is 8.78 Å². The van der Waals surface area contributed by atoms with Gasteiger partial charge in [0.15, 0.2) is 0 Å². The Morgan fingerprint density at radius 2 is 1.83 bits per heavy atom. The van der Waals surface area contributed by atoms with Gasteiger partial charge in [0.05, 0.1) is 6.42 Å². The number of benzene rings is 1. The number of hydrogen-bond donors (Lipinski definition) is 1. The predicted molar refractivity (Wildman–Crippen MR) is 67.6 cm³/mol. The zero-order valence-electron chi connectivity index (χ0n) is 10.0. The molecule has 0 aliphatic carbocycles. The van der Waals surface area contributed by atoms with E-state index in [2.05, 4.69) is 5.32 Å². The molecule has 0 heterocycles. The van der Waals surface area contributed by atoms with Gasteiger partial charge in [-0.05, 0) is 25.0 Å². The molecule has 1 amide bonds. The summed E-state index contributed by atoms with van der Waals surface area (Å²) in [7, 11) is 0. The zero-order chi connectivity index (χ0) is 13.4. The molecule has 1 aromatic rings. The molecule has 0 aliphatic heterocycles. The number of unbranched alkanes of at least 4 members (excludes halogenated alkanes) is 2. The normalized spacial score (nSPS) is 10.4. The van der Waals surface area contributed by atoms with Crippen LogP contribution in [0.3, 0.4) is 0 Å². The summed E-state index contributed by atoms with van der Waals surface area (Å²) in [5.74, 6) is -1.14. The summed E-state index contributed by atoms with van der Waals surface area (Å²) in [5, 5.41) is 2.63. The first-order valence-electron chi connectivity index (χ1n) is 5.90. The number of halogens is 3. The van der Waals surface area contributed by atoms with Gasteiger partial charge in [0.25, 0.3) is 0 Å². The number of carbonyl (C=O) groups excluding carboxylic acids is 1. The van der Waals surface area contributed by atoms with E-state index in [-0.39, 0.29) is 17.9 Å². The van der Waals surface area contributed by atoms with Crippen molar-refractivity contribution >= 4 is 17.5 Å². The highest BCUT2D eigenvalue weighted by Gasteiger charge is 2.12. The van der Waals surface area contributed by atoms with Crippen molar-refractivity contribution in [3.05, 3.63) is 35.4 Å². The summed E-state index contributed by atoms with van der Waals surface area (Å²) in [6, 6.07) is 3.57. The van der Waals surface area contributed by atoms with E-state index in [0.717, 1.165) is 31.4 Å². The molecular formula is C13H16ClF2NO. The van der Waals surface area contributed by atoms with E-state index >= 15 is 0 Å². The molecule has 0 fully saturated rings. The van der Waals surface area contributed by atoms with Crippen molar-refractivity contribution in [2.24, 2.45) is 0 Å². The largest absolute Gasteiger partial charge is 0.356 e. The molecule has 2 nitrogen and oxygen atoms in total. The topological polar surface area (TPSA) is 29.1 Å². The third kappa shape index (κ3) is 5.00. The predicted octanol–water partition coefficient (Wildman–Crippen LogP) is 3.03. The highest BCUT2D eigenvalue weighted by Crippen LogP contribution is 2.12. The molecule has 1 N–H and O–H groups in total. The standard InChI is InChI=1S/C13H16ClF2NO/c14-7-2-1-3-8-17-13(18)9-10-11(15)5-4-6-12(10)16/h4-6H,1-3,7-9H2,(H,17,18). The van der Waals surface area contributed by atoms with Crippen molar-refractivity contribution in [3.63, 3.8) is 0 Å². The lowest BCUT2D eigenvalue weighted by Gasteiger charge is -2.06. The molecule has 0 bridgehead atoms. The van der Waals surface area contributed by atoms with Crippen LogP contribution in [-0.2, 0) is 11.2 Å². The van der Waals surface area contributed by atoms with Crippen molar-refractivity contribution in [2.75, 3.05) is 12.4 Å². The first-order chi connectivity index (χ1) is 8.65. The first kappa shape index (κ1) is 14.9. The lowest BCUT2D eigenvalue weighted by Crippen LogP contribution is -2.26. The number of rotatable bonds is 7. The minimum Gasteiger partial charge on any atom is -0.356 e. The van der Waals surface area contributed by atoms with Gasteiger partial charge in [0.2, 0.25) is 5.91 Å². The van der Waals surface area contributed by atoms with Crippen LogP contribution < -0.4 is 5.32 Å². The molecule has 0 atom stereocenters. The minimum absolute atomic E-state index is 0.184. The number of alkyl halides is 1. The Labute approximate surface area is 110 Å². The van der Waals surface area contributed by atoms with Crippen LogP contribution in [0.5, 0.6) is 0 Å². The van der Waals surface area contributed by atoms with Crippen LogP contribution in [0.2, 0.25) is 0 Å². The molecular weight excluding hydrogens is 260 g/mol. The van der Waals surface area contributed by atoms with Gasteiger partial charge in [0, 0.05) is 18.0 Å². The highest BCUT2D eigenvalue weighted by molar-refractivity contribution is 6.17. The van der Waals surface area contributed by atoms with Gasteiger partial charge in [-0.1, -0.05) is 12.5 Å². The van der Waals surface area contributed by atoms with Crippen LogP contribution in [0.4, 0.5) is 8.78 Å². The van der Waals surface area contributed by atoms with Crippen molar-refractivity contribution < 1.29 is 13.6 Å². The maximum atomic E-state index is 13.3. The second-order valence-corrected chi connectivity index (χ2v) is 4.35. The Morgan fingerprint density at radius 3 is 2.44 bits per heavy atom. The third-order valence-electron chi connectivity index (χ3n) is 2.53. The average Bonchev–Trinajstić information content (AvgIpc) is 2.34. The molecule has 0 saturated carbocycles. The summed E-state index contributed by atoms with van der Waals surface area (Å²) in [5.41, 5.74) is -0.184. The van der Waals surface area contributed by atoms with Crippen molar-refractivity contribution in [3.8, 4) is 0 Å². The van der Waals surface area contributed by atoms with Crippen LogP contribution in [0.25, 0.3) is 0 Å². The Morgan fingerprint density at radius 1 is 1.17 bits per heavy atom. The molecule has 5 heteroatoms. The molecule has 0 radical (unpaired) electrons. The average molecular weight is 276 g/mol. The molecule has 18 heavy (non-hydrogen) atoms. The van der Waals surface area contributed by atoms with E-state index in [4.69, 9.17) is 11.6 Å². The van der Waals surface area contributed by atoms with Gasteiger partial charge in [-0.3, -0.25) is 4.79 Å². The minimum atomic E-state index is -0.688.